The van der Waals surface area contributed by atoms with Gasteiger partial charge in [0.2, 0.25) is 5.91 Å². The molecule has 0 aromatic rings. The molecule has 3 nitrogen and oxygen atoms in total. The molecule has 1 heterocycles. The summed E-state index contributed by atoms with van der Waals surface area (Å²) in [5.41, 5.74) is 0. The molecule has 5 heteroatoms. The van der Waals surface area contributed by atoms with E-state index in [0.29, 0.717) is 18.4 Å². The fraction of sp³-hybridized carbons (Fsp3) is 0.909. The van der Waals surface area contributed by atoms with E-state index in [0.717, 1.165) is 38.2 Å². The van der Waals surface area contributed by atoms with E-state index in [-0.39, 0.29) is 12.4 Å². The normalized spacial score (nSPS) is 19.2. The molecule has 1 aliphatic rings. The molecule has 1 rings (SSSR count). The lowest BCUT2D eigenvalue weighted by molar-refractivity contribution is -0.132. The summed E-state index contributed by atoms with van der Waals surface area (Å²) in [6, 6.07) is 0.444. The smallest absolute Gasteiger partial charge is 0.223 e. The molecule has 0 aliphatic carbocycles. The molecule has 0 aromatic carbocycles. The van der Waals surface area contributed by atoms with Gasteiger partial charge in [0.25, 0.3) is 0 Å². The minimum atomic E-state index is 0. The van der Waals surface area contributed by atoms with Gasteiger partial charge >= 0.3 is 0 Å². The second-order valence-corrected chi connectivity index (χ2v) is 4.96. The molecule has 16 heavy (non-hydrogen) atoms. The maximum Gasteiger partial charge on any atom is 0.223 e. The minimum absolute atomic E-state index is 0. The van der Waals surface area contributed by atoms with Crippen LogP contribution in [0.2, 0.25) is 0 Å². The van der Waals surface area contributed by atoms with Gasteiger partial charge in [0.1, 0.15) is 0 Å². The second kappa shape index (κ2) is 9.14. The Balaban J connectivity index is 0.00000225. The number of amides is 1. The van der Waals surface area contributed by atoms with E-state index in [1.165, 1.54) is 0 Å². The average Bonchev–Trinajstić information content (AvgIpc) is 2.75. The second-order valence-electron chi connectivity index (χ2n) is 3.98. The highest BCUT2D eigenvalue weighted by Crippen LogP contribution is 2.12. The van der Waals surface area contributed by atoms with E-state index in [2.05, 4.69) is 23.4 Å². The van der Waals surface area contributed by atoms with Crippen molar-refractivity contribution < 1.29 is 4.79 Å². The van der Waals surface area contributed by atoms with Crippen molar-refractivity contribution in [2.24, 2.45) is 0 Å². The van der Waals surface area contributed by atoms with E-state index >= 15 is 0 Å². The third-order valence-corrected chi connectivity index (χ3v) is 3.39. The van der Waals surface area contributed by atoms with E-state index in [1.807, 2.05) is 0 Å². The van der Waals surface area contributed by atoms with E-state index in [9.17, 15) is 4.79 Å². The van der Waals surface area contributed by atoms with Crippen molar-refractivity contribution >= 4 is 30.1 Å². The molecule has 96 valence electrons. The maximum atomic E-state index is 12.0. The van der Waals surface area contributed by atoms with Gasteiger partial charge in [-0.15, -0.1) is 12.4 Å². The summed E-state index contributed by atoms with van der Waals surface area (Å²) in [5, 5.41) is 3.32. The molecule has 1 atom stereocenters. The molecule has 1 saturated heterocycles. The molecule has 1 N–H and O–H groups in total. The van der Waals surface area contributed by atoms with Crippen LogP contribution in [0.3, 0.4) is 0 Å². The topological polar surface area (TPSA) is 32.3 Å². The van der Waals surface area contributed by atoms with Gasteiger partial charge in [-0.2, -0.15) is 11.8 Å². The van der Waals surface area contributed by atoms with Gasteiger partial charge in [0.05, 0.1) is 0 Å². The van der Waals surface area contributed by atoms with Crippen LogP contribution < -0.4 is 5.32 Å². The Bertz CT molecular complexity index is 198. The molecule has 1 aliphatic heterocycles. The number of carbonyl (C=O) groups excluding carboxylic acids is 1. The molecule has 0 bridgehead atoms. The number of hydrogen-bond acceptors (Lipinski definition) is 3. The molecule has 1 unspecified atom stereocenters. The van der Waals surface area contributed by atoms with Gasteiger partial charge in [-0.05, 0) is 25.6 Å². The molecular formula is C11H23ClN2OS. The van der Waals surface area contributed by atoms with Crippen LogP contribution in [0, 0.1) is 0 Å². The van der Waals surface area contributed by atoms with Crippen molar-refractivity contribution in [3.63, 3.8) is 0 Å². The SMILES string of the molecule is CCCN(C(=O)CCSC)C1CCNC1.Cl. The Hall–Kier alpha value is 0.0700. The highest BCUT2D eigenvalue weighted by Gasteiger charge is 2.24. The van der Waals surface area contributed by atoms with Gasteiger partial charge in [-0.3, -0.25) is 4.79 Å². The molecule has 0 aromatic heterocycles. The fourth-order valence-corrected chi connectivity index (χ4v) is 2.37. The molecule has 1 amide bonds. The standard InChI is InChI=1S/C11H22N2OS.ClH/c1-3-7-13(10-4-6-12-9-10)11(14)5-8-15-2;/h10,12H,3-9H2,1-2H3;1H. The Morgan fingerprint density at radius 2 is 2.31 bits per heavy atom. The van der Waals surface area contributed by atoms with Crippen LogP contribution >= 0.6 is 24.2 Å². The Morgan fingerprint density at radius 3 is 2.81 bits per heavy atom. The zero-order chi connectivity index (χ0) is 11.1. The van der Waals surface area contributed by atoms with Gasteiger partial charge in [-0.1, -0.05) is 6.92 Å². The summed E-state index contributed by atoms with van der Waals surface area (Å²) in [4.78, 5) is 14.0. The largest absolute Gasteiger partial charge is 0.338 e. The van der Waals surface area contributed by atoms with Crippen molar-refractivity contribution in [2.45, 2.75) is 32.2 Å². The van der Waals surface area contributed by atoms with Gasteiger partial charge in [0, 0.05) is 31.3 Å². The maximum absolute atomic E-state index is 12.0. The minimum Gasteiger partial charge on any atom is -0.338 e. The van der Waals surface area contributed by atoms with Gasteiger partial charge in [-0.25, -0.2) is 0 Å². The molecule has 0 spiro atoms. The summed E-state index contributed by atoms with van der Waals surface area (Å²) in [7, 11) is 0. The predicted molar refractivity (Wildman–Crippen MR) is 73.5 cm³/mol. The summed E-state index contributed by atoms with van der Waals surface area (Å²) < 4.78 is 0. The van der Waals surface area contributed by atoms with Crippen LogP contribution in [0.1, 0.15) is 26.2 Å². The van der Waals surface area contributed by atoms with Crippen molar-refractivity contribution in [3.8, 4) is 0 Å². The lowest BCUT2D eigenvalue weighted by Crippen LogP contribution is -2.42. The zero-order valence-electron chi connectivity index (χ0n) is 10.2. The van der Waals surface area contributed by atoms with E-state index in [4.69, 9.17) is 0 Å². The zero-order valence-corrected chi connectivity index (χ0v) is 11.8. The Kier molecular flexibility index (Phi) is 9.18. The van der Waals surface area contributed by atoms with Crippen LogP contribution in [0.15, 0.2) is 0 Å². The monoisotopic (exact) mass is 266 g/mol. The van der Waals surface area contributed by atoms with Crippen molar-refractivity contribution in [3.05, 3.63) is 0 Å². The summed E-state index contributed by atoms with van der Waals surface area (Å²) in [6.07, 6.45) is 4.92. The number of halogens is 1. The number of hydrogen-bond donors (Lipinski definition) is 1. The summed E-state index contributed by atoms with van der Waals surface area (Å²) in [6.45, 7) is 5.09. The predicted octanol–water partition coefficient (Wildman–Crippen LogP) is 1.76. The number of nitrogens with one attached hydrogen (secondary N) is 1. The van der Waals surface area contributed by atoms with E-state index < -0.39 is 0 Å². The lowest BCUT2D eigenvalue weighted by Gasteiger charge is -2.28. The first kappa shape index (κ1) is 16.1. The highest BCUT2D eigenvalue weighted by molar-refractivity contribution is 7.98. The third-order valence-electron chi connectivity index (χ3n) is 2.78. The van der Waals surface area contributed by atoms with Crippen molar-refractivity contribution in [1.82, 2.24) is 10.2 Å². The average molecular weight is 267 g/mol. The summed E-state index contributed by atoms with van der Waals surface area (Å²) >= 11 is 1.74. The number of nitrogens with zero attached hydrogens (tertiary/aromatic N) is 1. The first-order valence-electron chi connectivity index (χ1n) is 5.78. The van der Waals surface area contributed by atoms with Gasteiger partial charge < -0.3 is 10.2 Å². The first-order valence-corrected chi connectivity index (χ1v) is 7.18. The first-order chi connectivity index (χ1) is 7.29. The number of carbonyl (C=O) groups is 1. The number of rotatable bonds is 6. The van der Waals surface area contributed by atoms with Gasteiger partial charge in [0.15, 0.2) is 0 Å². The fourth-order valence-electron chi connectivity index (χ4n) is 1.99. The van der Waals surface area contributed by atoms with Crippen molar-refractivity contribution in [1.29, 1.82) is 0 Å². The van der Waals surface area contributed by atoms with Crippen LogP contribution in [-0.2, 0) is 4.79 Å². The molecule has 1 fully saturated rings. The van der Waals surface area contributed by atoms with Crippen LogP contribution in [0.5, 0.6) is 0 Å². The van der Waals surface area contributed by atoms with E-state index in [1.54, 1.807) is 11.8 Å². The van der Waals surface area contributed by atoms with Crippen molar-refractivity contribution in [2.75, 3.05) is 31.6 Å². The van der Waals surface area contributed by atoms with Crippen LogP contribution in [0.25, 0.3) is 0 Å². The van der Waals surface area contributed by atoms with Crippen LogP contribution in [-0.4, -0.2) is 48.5 Å². The number of thioether (sulfide) groups is 1. The summed E-state index contributed by atoms with van der Waals surface area (Å²) in [5.74, 6) is 1.28. The third kappa shape index (κ3) is 4.93. The lowest BCUT2D eigenvalue weighted by atomic mass is 10.2. The Labute approximate surface area is 109 Å². The molecular weight excluding hydrogens is 244 g/mol. The quantitative estimate of drug-likeness (QED) is 0.795. The Morgan fingerprint density at radius 1 is 1.56 bits per heavy atom. The molecule has 0 saturated carbocycles. The molecule has 0 radical (unpaired) electrons. The van der Waals surface area contributed by atoms with Crippen LogP contribution in [0.4, 0.5) is 0 Å². The highest BCUT2D eigenvalue weighted by atomic mass is 35.5.